The van der Waals surface area contributed by atoms with E-state index in [0.29, 0.717) is 55.1 Å². The highest BCUT2D eigenvalue weighted by Gasteiger charge is 2.36. The Kier molecular flexibility index (Phi) is 8.07. The smallest absolute Gasteiger partial charge is 0.337 e. The Morgan fingerprint density at radius 3 is 2.36 bits per heavy atom. The van der Waals surface area contributed by atoms with E-state index in [1.807, 2.05) is 47.6 Å². The summed E-state index contributed by atoms with van der Waals surface area (Å²) in [5.41, 5.74) is 7.45. The van der Waals surface area contributed by atoms with Crippen LogP contribution in [-0.2, 0) is 35.6 Å². The van der Waals surface area contributed by atoms with Crippen molar-refractivity contribution in [1.82, 2.24) is 4.90 Å². The minimum absolute atomic E-state index is 0.289. The summed E-state index contributed by atoms with van der Waals surface area (Å²) in [7, 11) is 1.51. The van der Waals surface area contributed by atoms with Crippen LogP contribution in [0.15, 0.2) is 24.3 Å². The number of aliphatic carboxylic acids is 1. The molecule has 3 aromatic carbocycles. The number of carbonyl (C=O) groups is 1. The van der Waals surface area contributed by atoms with Gasteiger partial charge < -0.3 is 19.3 Å². The Hall–Kier alpha value is -3.49. The first-order chi connectivity index (χ1) is 19.8. The highest BCUT2D eigenvalue weighted by Crippen LogP contribution is 2.47. The molecule has 0 bridgehead atoms. The van der Waals surface area contributed by atoms with E-state index in [2.05, 4.69) is 4.90 Å². The first-order valence-electron chi connectivity index (χ1n) is 14.4. The monoisotopic (exact) mass is 579 g/mol. The standard InChI is InChI=1S/C34H39F2NO5/c1-18-24-9-8-10-41-31(24)28(36)14-25(18)29-19(2)26-16-37(15-21-11-22(35)13-23(12-21)40-7)17-27(26)20(3)30(29)32(33(38)39)42-34(4,5)6/h11-14,32H,8-10,15-17H2,1-7H3,(H,38,39)/t32-/m0/s1. The maximum Gasteiger partial charge on any atom is 0.337 e. The van der Waals surface area contributed by atoms with Crippen molar-refractivity contribution in [3.05, 3.63) is 80.4 Å². The van der Waals surface area contributed by atoms with Crippen LogP contribution in [-0.4, -0.2) is 35.3 Å². The molecule has 2 heterocycles. The molecule has 2 aliphatic heterocycles. The number of ether oxygens (including phenoxy) is 3. The normalized spacial score (nSPS) is 15.6. The fourth-order valence-electron chi connectivity index (χ4n) is 6.47. The maximum absolute atomic E-state index is 15.5. The van der Waals surface area contributed by atoms with Crippen LogP contribution >= 0.6 is 0 Å². The lowest BCUT2D eigenvalue weighted by atomic mass is 9.81. The zero-order valence-electron chi connectivity index (χ0n) is 25.4. The molecule has 0 aromatic heterocycles. The molecule has 3 aromatic rings. The summed E-state index contributed by atoms with van der Waals surface area (Å²) in [6, 6.07) is 6.16. The van der Waals surface area contributed by atoms with E-state index >= 15 is 4.39 Å². The molecule has 0 aliphatic carbocycles. The maximum atomic E-state index is 15.5. The van der Waals surface area contributed by atoms with Gasteiger partial charge in [-0.15, -0.1) is 0 Å². The number of halogens is 2. The molecule has 0 amide bonds. The number of nitrogens with zero attached hydrogens (tertiary/aromatic N) is 1. The summed E-state index contributed by atoms with van der Waals surface area (Å²) in [5.74, 6) is -1.17. The summed E-state index contributed by atoms with van der Waals surface area (Å²) in [6.07, 6.45) is 0.215. The molecule has 1 N–H and O–H groups in total. The first-order valence-corrected chi connectivity index (χ1v) is 14.4. The molecule has 0 fully saturated rings. The van der Waals surface area contributed by atoms with Gasteiger partial charge >= 0.3 is 5.97 Å². The Morgan fingerprint density at radius 1 is 1.02 bits per heavy atom. The number of methoxy groups -OCH3 is 1. The number of rotatable bonds is 7. The van der Waals surface area contributed by atoms with Gasteiger partial charge in [-0.2, -0.15) is 0 Å². The van der Waals surface area contributed by atoms with Gasteiger partial charge in [-0.05, 0) is 117 Å². The second kappa shape index (κ2) is 11.3. The zero-order valence-corrected chi connectivity index (χ0v) is 25.4. The van der Waals surface area contributed by atoms with Crippen LogP contribution in [0.2, 0.25) is 0 Å². The largest absolute Gasteiger partial charge is 0.497 e. The van der Waals surface area contributed by atoms with Crippen LogP contribution in [0.1, 0.15) is 77.8 Å². The van der Waals surface area contributed by atoms with Gasteiger partial charge in [0.05, 0.1) is 19.3 Å². The summed E-state index contributed by atoms with van der Waals surface area (Å²) in [4.78, 5) is 15.0. The fourth-order valence-corrected chi connectivity index (χ4v) is 6.47. The van der Waals surface area contributed by atoms with Gasteiger partial charge in [-0.1, -0.05) is 0 Å². The van der Waals surface area contributed by atoms with Gasteiger partial charge in [0.1, 0.15) is 11.6 Å². The molecule has 0 saturated heterocycles. The number of fused-ring (bicyclic) bond motifs is 2. The number of carboxylic acid groups (broad SMARTS) is 1. The summed E-state index contributed by atoms with van der Waals surface area (Å²) in [5, 5.41) is 10.5. The lowest BCUT2D eigenvalue weighted by molar-refractivity contribution is -0.160. The van der Waals surface area contributed by atoms with Crippen LogP contribution in [0.5, 0.6) is 11.5 Å². The number of hydrogen-bond donors (Lipinski definition) is 1. The Labute approximate surface area is 246 Å². The van der Waals surface area contributed by atoms with Crippen LogP contribution in [0.4, 0.5) is 8.78 Å². The van der Waals surface area contributed by atoms with Crippen molar-refractivity contribution in [1.29, 1.82) is 0 Å². The Morgan fingerprint density at radius 2 is 1.71 bits per heavy atom. The van der Waals surface area contributed by atoms with Crippen molar-refractivity contribution in [3.63, 3.8) is 0 Å². The molecule has 8 heteroatoms. The van der Waals surface area contributed by atoms with Crippen LogP contribution in [0.25, 0.3) is 11.1 Å². The van der Waals surface area contributed by atoms with Crippen molar-refractivity contribution >= 4 is 5.97 Å². The Balaban J connectivity index is 1.69. The first kappa shape index (κ1) is 30.0. The minimum Gasteiger partial charge on any atom is -0.497 e. The van der Waals surface area contributed by atoms with E-state index in [0.717, 1.165) is 45.4 Å². The summed E-state index contributed by atoms with van der Waals surface area (Å²) >= 11 is 0. The molecular weight excluding hydrogens is 540 g/mol. The Bertz CT molecular complexity index is 1560. The third kappa shape index (κ3) is 5.62. The van der Waals surface area contributed by atoms with E-state index in [-0.39, 0.29) is 11.6 Å². The minimum atomic E-state index is -1.26. The molecular formula is C34H39F2NO5. The van der Waals surface area contributed by atoms with Crippen molar-refractivity contribution in [2.75, 3.05) is 13.7 Å². The van der Waals surface area contributed by atoms with Gasteiger partial charge in [-0.3, -0.25) is 4.90 Å². The van der Waals surface area contributed by atoms with E-state index in [1.54, 1.807) is 0 Å². The molecule has 224 valence electrons. The van der Waals surface area contributed by atoms with Crippen molar-refractivity contribution in [2.45, 2.75) is 85.7 Å². The third-order valence-corrected chi connectivity index (χ3v) is 8.32. The molecule has 1 atom stereocenters. The van der Waals surface area contributed by atoms with Gasteiger partial charge in [0.15, 0.2) is 17.7 Å². The van der Waals surface area contributed by atoms with Crippen molar-refractivity contribution < 1.29 is 32.9 Å². The molecule has 6 nitrogen and oxygen atoms in total. The number of benzene rings is 3. The number of hydrogen-bond acceptors (Lipinski definition) is 5. The van der Waals surface area contributed by atoms with Crippen LogP contribution in [0, 0.1) is 32.4 Å². The van der Waals surface area contributed by atoms with E-state index in [1.165, 1.54) is 25.3 Å². The second-order valence-electron chi connectivity index (χ2n) is 12.4. The average Bonchev–Trinajstić information content (AvgIpc) is 3.35. The molecule has 42 heavy (non-hydrogen) atoms. The SMILES string of the molecule is COc1cc(F)cc(CN2Cc3c(C)c(-c4cc(F)c5c(c4C)CCCO5)c([C@H](OC(C)(C)C)C(=O)O)c(C)c3C2)c1. The third-order valence-electron chi connectivity index (χ3n) is 8.32. The van der Waals surface area contributed by atoms with Gasteiger partial charge in [0, 0.05) is 36.8 Å². The fraction of sp³-hybridized carbons (Fsp3) is 0.441. The summed E-state index contributed by atoms with van der Waals surface area (Å²) in [6.45, 7) is 13.4. The predicted octanol–water partition coefficient (Wildman–Crippen LogP) is 7.35. The van der Waals surface area contributed by atoms with Crippen LogP contribution in [0.3, 0.4) is 0 Å². The molecule has 0 radical (unpaired) electrons. The van der Waals surface area contributed by atoms with Gasteiger partial charge in [0.25, 0.3) is 0 Å². The van der Waals surface area contributed by atoms with Crippen molar-refractivity contribution in [3.8, 4) is 22.6 Å². The highest BCUT2D eigenvalue weighted by atomic mass is 19.1. The number of carboxylic acids is 1. The molecule has 0 spiro atoms. The average molecular weight is 580 g/mol. The van der Waals surface area contributed by atoms with E-state index < -0.39 is 23.5 Å². The van der Waals surface area contributed by atoms with Crippen LogP contribution < -0.4 is 9.47 Å². The zero-order chi connectivity index (χ0) is 30.5. The molecule has 2 aliphatic rings. The summed E-state index contributed by atoms with van der Waals surface area (Å²) < 4.78 is 47.0. The molecule has 5 rings (SSSR count). The van der Waals surface area contributed by atoms with E-state index in [4.69, 9.17) is 14.2 Å². The second-order valence-corrected chi connectivity index (χ2v) is 12.4. The van der Waals surface area contributed by atoms with Gasteiger partial charge in [-0.25, -0.2) is 13.6 Å². The lowest BCUT2D eigenvalue weighted by Crippen LogP contribution is -2.29. The lowest BCUT2D eigenvalue weighted by Gasteiger charge is -2.31. The topological polar surface area (TPSA) is 68.2 Å². The molecule has 0 saturated carbocycles. The predicted molar refractivity (Wildman–Crippen MR) is 157 cm³/mol. The quantitative estimate of drug-likeness (QED) is 0.316. The van der Waals surface area contributed by atoms with E-state index in [9.17, 15) is 14.3 Å². The van der Waals surface area contributed by atoms with Crippen molar-refractivity contribution in [2.24, 2.45) is 0 Å². The highest BCUT2D eigenvalue weighted by molar-refractivity contribution is 5.85. The molecule has 0 unspecified atom stereocenters. The van der Waals surface area contributed by atoms with Gasteiger partial charge in [0.2, 0.25) is 0 Å².